The number of carbonyl (C=O) groups is 1. The molecule has 0 atom stereocenters. The van der Waals surface area contributed by atoms with Gasteiger partial charge in [0.15, 0.2) is 5.69 Å². The van der Waals surface area contributed by atoms with Gasteiger partial charge in [-0.2, -0.15) is 18.3 Å². The highest BCUT2D eigenvalue weighted by atomic mass is 19.4. The van der Waals surface area contributed by atoms with Crippen LogP contribution >= 0.6 is 0 Å². The molecule has 0 saturated carbocycles. The second-order valence-corrected chi connectivity index (χ2v) is 3.91. The average Bonchev–Trinajstić information content (AvgIpc) is 2.87. The summed E-state index contributed by atoms with van der Waals surface area (Å²) in [6.45, 7) is 0. The van der Waals surface area contributed by atoms with Gasteiger partial charge >= 0.3 is 12.1 Å². The van der Waals surface area contributed by atoms with Crippen molar-refractivity contribution >= 4 is 11.7 Å². The van der Waals surface area contributed by atoms with E-state index in [1.165, 1.54) is 25.3 Å². The van der Waals surface area contributed by atoms with Crippen molar-refractivity contribution in [2.24, 2.45) is 0 Å². The van der Waals surface area contributed by atoms with E-state index in [1.807, 2.05) is 0 Å². The van der Waals surface area contributed by atoms with Crippen LogP contribution in [0.2, 0.25) is 0 Å². The third kappa shape index (κ3) is 2.58. The van der Waals surface area contributed by atoms with Crippen LogP contribution in [0.25, 0.3) is 5.69 Å². The lowest BCUT2D eigenvalue weighted by molar-refractivity contribution is -0.141. The Morgan fingerprint density at radius 3 is 2.60 bits per heavy atom. The maximum atomic E-state index is 12.5. The second-order valence-electron chi connectivity index (χ2n) is 3.91. The highest BCUT2D eigenvalue weighted by Crippen LogP contribution is 2.28. The van der Waals surface area contributed by atoms with Crippen molar-refractivity contribution < 1.29 is 22.7 Å². The lowest BCUT2D eigenvalue weighted by Crippen LogP contribution is -2.09. The quantitative estimate of drug-likeness (QED) is 0.678. The molecule has 0 aliphatic carbocycles. The number of nitrogens with zero attached hydrogens (tertiary/aromatic N) is 2. The van der Waals surface area contributed by atoms with Gasteiger partial charge in [-0.15, -0.1) is 0 Å². The normalized spacial score (nSPS) is 11.4. The molecule has 2 rings (SSSR count). The minimum absolute atomic E-state index is 0.167. The number of hydrogen-bond donors (Lipinski definition) is 1. The Hall–Kier alpha value is -2.51. The molecule has 0 unspecified atom stereocenters. The zero-order valence-corrected chi connectivity index (χ0v) is 10.3. The van der Waals surface area contributed by atoms with Crippen LogP contribution < -0.4 is 5.73 Å². The summed E-state index contributed by atoms with van der Waals surface area (Å²) in [4.78, 5) is 11.4. The number of nitrogen functional groups attached to an aromatic ring is 1. The zero-order chi connectivity index (χ0) is 14.9. The summed E-state index contributed by atoms with van der Waals surface area (Å²) < 4.78 is 43.0. The predicted molar refractivity (Wildman–Crippen MR) is 64.3 cm³/mol. The van der Waals surface area contributed by atoms with E-state index in [0.29, 0.717) is 0 Å². The van der Waals surface area contributed by atoms with Crippen molar-refractivity contribution in [2.45, 2.75) is 6.18 Å². The number of methoxy groups -OCH3 is 1. The Morgan fingerprint density at radius 2 is 2.05 bits per heavy atom. The fourth-order valence-electron chi connectivity index (χ4n) is 1.60. The fourth-order valence-corrected chi connectivity index (χ4v) is 1.60. The van der Waals surface area contributed by atoms with Gasteiger partial charge in [-0.25, -0.2) is 9.48 Å². The number of anilines is 1. The van der Waals surface area contributed by atoms with Crippen LogP contribution in [0.1, 0.15) is 16.1 Å². The lowest BCUT2D eigenvalue weighted by atomic mass is 10.2. The van der Waals surface area contributed by atoms with Crippen molar-refractivity contribution in [1.82, 2.24) is 9.78 Å². The van der Waals surface area contributed by atoms with Crippen LogP contribution in [0.5, 0.6) is 0 Å². The van der Waals surface area contributed by atoms with E-state index >= 15 is 0 Å². The first-order valence-electron chi connectivity index (χ1n) is 5.44. The minimum Gasteiger partial charge on any atom is -0.465 e. The van der Waals surface area contributed by atoms with Gasteiger partial charge in [-0.1, -0.05) is 0 Å². The van der Waals surface area contributed by atoms with E-state index in [-0.39, 0.29) is 16.9 Å². The van der Waals surface area contributed by atoms with Crippen molar-refractivity contribution in [3.63, 3.8) is 0 Å². The molecule has 1 aromatic carbocycles. The molecule has 2 aromatic rings. The first-order chi connectivity index (χ1) is 9.32. The Kier molecular flexibility index (Phi) is 3.39. The standard InChI is InChI=1S/C12H10F3N3O2/c1-20-11(19)7-2-3-8(16)9(6-7)18-5-4-10(17-18)12(13,14)15/h2-6H,16H2,1H3. The number of alkyl halides is 3. The van der Waals surface area contributed by atoms with Crippen molar-refractivity contribution in [2.75, 3.05) is 12.8 Å². The first kappa shape index (κ1) is 13.9. The van der Waals surface area contributed by atoms with Gasteiger partial charge in [-0.05, 0) is 24.3 Å². The van der Waals surface area contributed by atoms with E-state index in [1.54, 1.807) is 0 Å². The molecule has 0 spiro atoms. The summed E-state index contributed by atoms with van der Waals surface area (Å²) in [5.74, 6) is -0.616. The number of benzene rings is 1. The smallest absolute Gasteiger partial charge is 0.435 e. The van der Waals surface area contributed by atoms with Crippen molar-refractivity contribution in [3.8, 4) is 5.69 Å². The number of rotatable bonds is 2. The third-order valence-corrected chi connectivity index (χ3v) is 2.58. The number of carbonyl (C=O) groups excluding carboxylic acids is 1. The maximum Gasteiger partial charge on any atom is 0.435 e. The molecule has 5 nitrogen and oxygen atoms in total. The number of hydrogen-bond acceptors (Lipinski definition) is 4. The number of nitrogens with two attached hydrogens (primary N) is 1. The molecule has 1 aromatic heterocycles. The molecule has 0 fully saturated rings. The summed E-state index contributed by atoms with van der Waals surface area (Å²) in [6.07, 6.45) is -3.42. The molecule has 0 saturated heterocycles. The van der Waals surface area contributed by atoms with Gasteiger partial charge in [0.25, 0.3) is 0 Å². The third-order valence-electron chi connectivity index (χ3n) is 2.58. The summed E-state index contributed by atoms with van der Waals surface area (Å²) in [5.41, 5.74) is 5.17. The summed E-state index contributed by atoms with van der Waals surface area (Å²) in [5, 5.41) is 3.40. The van der Waals surface area contributed by atoms with Crippen molar-refractivity contribution in [3.05, 3.63) is 41.7 Å². The van der Waals surface area contributed by atoms with Crippen LogP contribution in [-0.4, -0.2) is 22.9 Å². The van der Waals surface area contributed by atoms with Crippen LogP contribution in [-0.2, 0) is 10.9 Å². The van der Waals surface area contributed by atoms with Crippen molar-refractivity contribution in [1.29, 1.82) is 0 Å². The van der Waals surface area contributed by atoms with E-state index in [9.17, 15) is 18.0 Å². The maximum absolute atomic E-state index is 12.5. The molecule has 0 amide bonds. The van der Waals surface area contributed by atoms with Gasteiger partial charge in [0, 0.05) is 6.20 Å². The Bertz CT molecular complexity index is 650. The SMILES string of the molecule is COC(=O)c1ccc(N)c(-n2ccc(C(F)(F)F)n2)c1. The second kappa shape index (κ2) is 4.87. The van der Waals surface area contributed by atoms with Gasteiger partial charge in [0.1, 0.15) is 0 Å². The molecule has 0 aliphatic heterocycles. The topological polar surface area (TPSA) is 70.1 Å². The van der Waals surface area contributed by atoms with E-state index in [0.717, 1.165) is 16.9 Å². The van der Waals surface area contributed by atoms with Gasteiger partial charge in [0.2, 0.25) is 0 Å². The molecular formula is C12H10F3N3O2. The fraction of sp³-hybridized carbons (Fsp3) is 0.167. The predicted octanol–water partition coefficient (Wildman–Crippen LogP) is 2.26. The summed E-state index contributed by atoms with van der Waals surface area (Å²) >= 11 is 0. The highest BCUT2D eigenvalue weighted by molar-refractivity contribution is 5.90. The molecule has 8 heteroatoms. The molecule has 1 heterocycles. The van der Waals surface area contributed by atoms with E-state index in [4.69, 9.17) is 5.73 Å². The molecule has 2 N–H and O–H groups in total. The Morgan fingerprint density at radius 1 is 1.35 bits per heavy atom. The van der Waals surface area contributed by atoms with Gasteiger partial charge in [0.05, 0.1) is 24.0 Å². The minimum atomic E-state index is -4.54. The number of aromatic nitrogens is 2. The van der Waals surface area contributed by atoms with E-state index < -0.39 is 17.8 Å². The molecular weight excluding hydrogens is 275 g/mol. The van der Waals surface area contributed by atoms with Crippen LogP contribution in [0.3, 0.4) is 0 Å². The van der Waals surface area contributed by atoms with Gasteiger partial charge in [-0.3, -0.25) is 0 Å². The highest BCUT2D eigenvalue weighted by Gasteiger charge is 2.33. The zero-order valence-electron chi connectivity index (χ0n) is 10.3. The summed E-state index contributed by atoms with van der Waals surface area (Å²) in [7, 11) is 1.20. The van der Waals surface area contributed by atoms with Crippen LogP contribution in [0.4, 0.5) is 18.9 Å². The number of esters is 1. The van der Waals surface area contributed by atoms with Crippen LogP contribution in [0.15, 0.2) is 30.5 Å². The molecule has 0 bridgehead atoms. The summed E-state index contributed by atoms with van der Waals surface area (Å²) in [6, 6.07) is 4.95. The molecule has 20 heavy (non-hydrogen) atoms. The number of ether oxygens (including phenoxy) is 1. The number of halogens is 3. The van der Waals surface area contributed by atoms with Crippen LogP contribution in [0, 0.1) is 0 Å². The monoisotopic (exact) mass is 285 g/mol. The molecule has 0 aliphatic rings. The lowest BCUT2D eigenvalue weighted by Gasteiger charge is -2.08. The largest absolute Gasteiger partial charge is 0.465 e. The van der Waals surface area contributed by atoms with E-state index in [2.05, 4.69) is 9.84 Å². The molecule has 106 valence electrons. The molecule has 0 radical (unpaired) electrons. The first-order valence-corrected chi connectivity index (χ1v) is 5.44. The van der Waals surface area contributed by atoms with Gasteiger partial charge < -0.3 is 10.5 Å². The average molecular weight is 285 g/mol. The Labute approximate surface area is 111 Å². The Balaban J connectivity index is 2.47.